The summed E-state index contributed by atoms with van der Waals surface area (Å²) in [5, 5.41) is 0. The third kappa shape index (κ3) is 2.06. The van der Waals surface area contributed by atoms with E-state index in [9.17, 15) is 4.79 Å². The summed E-state index contributed by atoms with van der Waals surface area (Å²) in [6.07, 6.45) is 1.63. The molecular weight excluding hydrogens is 318 g/mol. The molecule has 3 aromatic rings. The fraction of sp³-hybridized carbons (Fsp3) is 0.208. The average Bonchev–Trinajstić information content (AvgIpc) is 3.00. The normalized spacial score (nSPS) is 18.4. The Morgan fingerprint density at radius 3 is 1.92 bits per heavy atom. The number of ketones is 1. The van der Waals surface area contributed by atoms with Crippen LogP contribution in [-0.4, -0.2) is 23.8 Å². The van der Waals surface area contributed by atoms with Gasteiger partial charge in [-0.05, 0) is 34.2 Å². The van der Waals surface area contributed by atoms with Crippen LogP contribution in [0.4, 0.5) is 0 Å². The molecule has 0 unspecified atom stereocenters. The van der Waals surface area contributed by atoms with Gasteiger partial charge in [-0.2, -0.15) is 0 Å². The highest BCUT2D eigenvalue weighted by molar-refractivity contribution is 5.85. The summed E-state index contributed by atoms with van der Waals surface area (Å²) in [6, 6.07) is 28.0. The molecule has 0 saturated carbocycles. The quantitative estimate of drug-likeness (QED) is 0.679. The van der Waals surface area contributed by atoms with Gasteiger partial charge in [0.2, 0.25) is 0 Å². The first-order valence-electron chi connectivity index (χ1n) is 9.33. The second-order valence-corrected chi connectivity index (χ2v) is 7.23. The lowest BCUT2D eigenvalue weighted by Gasteiger charge is -2.45. The van der Waals surface area contributed by atoms with Crippen molar-refractivity contribution in [1.29, 1.82) is 0 Å². The van der Waals surface area contributed by atoms with E-state index in [1.165, 1.54) is 27.8 Å². The van der Waals surface area contributed by atoms with E-state index < -0.39 is 0 Å². The van der Waals surface area contributed by atoms with Crippen LogP contribution in [0.25, 0.3) is 11.1 Å². The first kappa shape index (κ1) is 15.5. The van der Waals surface area contributed by atoms with Gasteiger partial charge in [0.1, 0.15) is 5.78 Å². The van der Waals surface area contributed by atoms with Crippen LogP contribution in [0.2, 0.25) is 0 Å². The van der Waals surface area contributed by atoms with Crippen molar-refractivity contribution in [2.45, 2.75) is 18.4 Å². The summed E-state index contributed by atoms with van der Waals surface area (Å²) < 4.78 is 0. The second-order valence-electron chi connectivity index (χ2n) is 7.23. The number of nitrogens with zero attached hydrogens (tertiary/aromatic N) is 1. The number of rotatable bonds is 2. The van der Waals surface area contributed by atoms with Crippen LogP contribution in [0.1, 0.15) is 29.5 Å². The molecule has 5 rings (SSSR count). The number of hydrogen-bond acceptors (Lipinski definition) is 2. The monoisotopic (exact) mass is 339 g/mol. The third-order valence-electron chi connectivity index (χ3n) is 5.84. The molecule has 1 heterocycles. The van der Waals surface area contributed by atoms with Crippen LogP contribution in [0.5, 0.6) is 0 Å². The first-order valence-corrected chi connectivity index (χ1v) is 9.33. The molecule has 2 heteroatoms. The summed E-state index contributed by atoms with van der Waals surface area (Å²) in [5.41, 5.74) is 6.01. The summed E-state index contributed by atoms with van der Waals surface area (Å²) in [7, 11) is 0. The molecule has 0 N–H and O–H groups in total. The highest BCUT2D eigenvalue weighted by atomic mass is 16.1. The Kier molecular flexibility index (Phi) is 3.54. The van der Waals surface area contributed by atoms with Crippen LogP contribution in [0.15, 0.2) is 78.9 Å². The minimum atomic E-state index is -0.384. The van der Waals surface area contributed by atoms with Crippen LogP contribution >= 0.6 is 0 Å². The molecule has 0 spiro atoms. The number of benzene rings is 3. The lowest BCUT2D eigenvalue weighted by molar-refractivity contribution is -0.123. The molecule has 0 atom stereocenters. The van der Waals surface area contributed by atoms with Crippen LogP contribution in [0.3, 0.4) is 0 Å². The predicted octanol–water partition coefficient (Wildman–Crippen LogP) is 4.62. The van der Waals surface area contributed by atoms with Gasteiger partial charge in [0.25, 0.3) is 0 Å². The molecule has 128 valence electrons. The fourth-order valence-electron chi connectivity index (χ4n) is 4.85. The minimum absolute atomic E-state index is 0.341. The standard InChI is InChI=1S/C24H21NO/c26-19-11-8-16-25(17-19)24(18-9-2-1-3-10-18)22-14-6-4-12-20(22)21-13-5-7-15-23(21)24/h1-7,9-10,12-15H,8,11,16-17H2. The number of piperidine rings is 1. The van der Waals surface area contributed by atoms with E-state index in [-0.39, 0.29) is 5.54 Å². The van der Waals surface area contributed by atoms with Gasteiger partial charge in [0.05, 0.1) is 12.1 Å². The van der Waals surface area contributed by atoms with E-state index in [4.69, 9.17) is 0 Å². The Morgan fingerprint density at radius 1 is 0.731 bits per heavy atom. The SMILES string of the molecule is O=C1CCCN(C2(c3ccccc3)c3ccccc3-c3ccccc32)C1. The van der Waals surface area contributed by atoms with Gasteiger partial charge in [-0.1, -0.05) is 78.9 Å². The van der Waals surface area contributed by atoms with E-state index >= 15 is 0 Å². The zero-order chi connectivity index (χ0) is 17.6. The molecular formula is C24H21NO. The zero-order valence-corrected chi connectivity index (χ0v) is 14.7. The van der Waals surface area contributed by atoms with Crippen molar-refractivity contribution in [3.05, 3.63) is 95.6 Å². The van der Waals surface area contributed by atoms with Crippen molar-refractivity contribution in [3.63, 3.8) is 0 Å². The first-order chi connectivity index (χ1) is 12.8. The van der Waals surface area contributed by atoms with Crippen molar-refractivity contribution < 1.29 is 4.79 Å². The number of carbonyl (C=O) groups is 1. The van der Waals surface area contributed by atoms with Crippen LogP contribution < -0.4 is 0 Å². The van der Waals surface area contributed by atoms with Gasteiger partial charge in [-0.3, -0.25) is 9.69 Å². The van der Waals surface area contributed by atoms with Gasteiger partial charge < -0.3 is 0 Å². The summed E-state index contributed by atoms with van der Waals surface area (Å²) in [6.45, 7) is 1.45. The van der Waals surface area contributed by atoms with Crippen molar-refractivity contribution in [2.75, 3.05) is 13.1 Å². The van der Waals surface area contributed by atoms with Gasteiger partial charge >= 0.3 is 0 Å². The number of hydrogen-bond donors (Lipinski definition) is 0. The Labute approximate surface area is 154 Å². The van der Waals surface area contributed by atoms with Gasteiger partial charge in [-0.25, -0.2) is 0 Å². The van der Waals surface area contributed by atoms with Crippen molar-refractivity contribution in [3.8, 4) is 11.1 Å². The Bertz CT molecular complexity index is 931. The molecule has 2 aliphatic rings. The Hall–Kier alpha value is -2.71. The highest BCUT2D eigenvalue weighted by Crippen LogP contribution is 2.54. The summed E-state index contributed by atoms with van der Waals surface area (Å²) in [5.74, 6) is 0.341. The number of likely N-dealkylation sites (tertiary alicyclic amines) is 1. The Morgan fingerprint density at radius 2 is 1.31 bits per heavy atom. The molecule has 1 aliphatic carbocycles. The maximum atomic E-state index is 12.4. The molecule has 1 fully saturated rings. The Balaban J connectivity index is 1.87. The van der Waals surface area contributed by atoms with Crippen LogP contribution in [0, 0.1) is 0 Å². The minimum Gasteiger partial charge on any atom is -0.298 e. The lowest BCUT2D eigenvalue weighted by atomic mass is 9.78. The lowest BCUT2D eigenvalue weighted by Crippen LogP contribution is -2.51. The van der Waals surface area contributed by atoms with E-state index in [0.29, 0.717) is 18.7 Å². The predicted molar refractivity (Wildman–Crippen MR) is 104 cm³/mol. The average molecular weight is 339 g/mol. The van der Waals surface area contributed by atoms with Crippen molar-refractivity contribution in [1.82, 2.24) is 4.90 Å². The van der Waals surface area contributed by atoms with Gasteiger partial charge in [0.15, 0.2) is 0 Å². The van der Waals surface area contributed by atoms with Gasteiger partial charge in [-0.15, -0.1) is 0 Å². The molecule has 26 heavy (non-hydrogen) atoms. The van der Waals surface area contributed by atoms with Crippen LogP contribution in [-0.2, 0) is 10.3 Å². The molecule has 3 aromatic carbocycles. The second kappa shape index (κ2) is 5.93. The third-order valence-corrected chi connectivity index (χ3v) is 5.84. The van der Waals surface area contributed by atoms with E-state index in [2.05, 4.69) is 83.8 Å². The topological polar surface area (TPSA) is 20.3 Å². The number of Topliss-reactive ketones (excluding diaryl/α,β-unsaturated/α-hetero) is 1. The number of carbonyl (C=O) groups excluding carboxylic acids is 1. The smallest absolute Gasteiger partial charge is 0.146 e. The molecule has 0 amide bonds. The van der Waals surface area contributed by atoms with Crippen molar-refractivity contribution in [2.24, 2.45) is 0 Å². The summed E-state index contributed by atoms with van der Waals surface area (Å²) in [4.78, 5) is 14.8. The maximum absolute atomic E-state index is 12.4. The largest absolute Gasteiger partial charge is 0.298 e. The maximum Gasteiger partial charge on any atom is 0.146 e. The highest BCUT2D eigenvalue weighted by Gasteiger charge is 2.49. The fourth-order valence-corrected chi connectivity index (χ4v) is 4.85. The number of fused-ring (bicyclic) bond motifs is 3. The zero-order valence-electron chi connectivity index (χ0n) is 14.7. The van der Waals surface area contributed by atoms with E-state index in [1.807, 2.05) is 0 Å². The van der Waals surface area contributed by atoms with Crippen molar-refractivity contribution >= 4 is 5.78 Å². The molecule has 1 saturated heterocycles. The van der Waals surface area contributed by atoms with Gasteiger partial charge in [0, 0.05) is 13.0 Å². The molecule has 0 radical (unpaired) electrons. The van der Waals surface area contributed by atoms with E-state index in [0.717, 1.165) is 13.0 Å². The molecule has 2 nitrogen and oxygen atoms in total. The molecule has 1 aliphatic heterocycles. The molecule has 0 aromatic heterocycles. The van der Waals surface area contributed by atoms with E-state index in [1.54, 1.807) is 0 Å². The summed E-state index contributed by atoms with van der Waals surface area (Å²) >= 11 is 0. The molecule has 0 bridgehead atoms.